The predicted octanol–water partition coefficient (Wildman–Crippen LogP) is -0.700. The Kier molecular flexibility index (Phi) is 9.36. The van der Waals surface area contributed by atoms with Crippen molar-refractivity contribution in [1.29, 1.82) is 0 Å². The quantitative estimate of drug-likeness (QED) is 0.457. The van der Waals surface area contributed by atoms with E-state index in [4.69, 9.17) is 13.3 Å². The molecule has 0 atom stereocenters. The van der Waals surface area contributed by atoms with Gasteiger partial charge in [0.1, 0.15) is 0 Å². The first-order valence-electron chi connectivity index (χ1n) is 0.532. The second-order valence-electron chi connectivity index (χ2n) is 0.231. The molecule has 29 valence electrons. The van der Waals surface area contributed by atoms with Gasteiger partial charge in [-0.1, -0.05) is 0 Å². The van der Waals surface area contributed by atoms with Gasteiger partial charge >= 0.3 is 0 Å². The molecular formula is H2O3STl. The van der Waals surface area contributed by atoms with E-state index in [2.05, 4.69) is 0 Å². The van der Waals surface area contributed by atoms with Crippen LogP contribution in [0, 0.1) is 0 Å². The van der Waals surface area contributed by atoms with Crippen LogP contribution in [0.15, 0.2) is 0 Å². The van der Waals surface area contributed by atoms with Gasteiger partial charge in [0.25, 0.3) is 11.4 Å². The SMILES string of the molecule is O=S(O)O.[Tl]. The minimum Gasteiger partial charge on any atom is -0.284 e. The Morgan fingerprint density at radius 2 is 1.40 bits per heavy atom. The van der Waals surface area contributed by atoms with E-state index in [1.165, 1.54) is 0 Å². The van der Waals surface area contributed by atoms with Crippen LogP contribution >= 0.6 is 0 Å². The summed E-state index contributed by atoms with van der Waals surface area (Å²) < 4.78 is 22.8. The molecule has 0 heterocycles. The second kappa shape index (κ2) is 4.99. The summed E-state index contributed by atoms with van der Waals surface area (Å²) in [5, 5.41) is 0. The van der Waals surface area contributed by atoms with Crippen LogP contribution in [-0.2, 0) is 11.4 Å². The molecule has 2 N–H and O–H groups in total. The van der Waals surface area contributed by atoms with Gasteiger partial charge in [0.05, 0.1) is 0 Å². The minimum atomic E-state index is -2.61. The predicted molar refractivity (Wildman–Crippen MR) is 19.2 cm³/mol. The van der Waals surface area contributed by atoms with Crippen LogP contribution in [0.5, 0.6) is 0 Å². The Morgan fingerprint density at radius 3 is 1.40 bits per heavy atom. The average Bonchev–Trinajstić information content (AvgIpc) is 0.811. The van der Waals surface area contributed by atoms with E-state index in [-0.39, 0.29) is 27.3 Å². The molecule has 0 aliphatic rings. The van der Waals surface area contributed by atoms with E-state index >= 15 is 0 Å². The van der Waals surface area contributed by atoms with Crippen molar-refractivity contribution in [3.63, 3.8) is 0 Å². The van der Waals surface area contributed by atoms with Crippen molar-refractivity contribution in [2.75, 3.05) is 0 Å². The van der Waals surface area contributed by atoms with Gasteiger partial charge in [0, 0.05) is 27.3 Å². The molecule has 0 aromatic rings. The summed E-state index contributed by atoms with van der Waals surface area (Å²) in [5.74, 6) is 0. The van der Waals surface area contributed by atoms with E-state index in [0.717, 1.165) is 0 Å². The van der Waals surface area contributed by atoms with Crippen molar-refractivity contribution in [1.82, 2.24) is 0 Å². The third kappa shape index (κ3) is 45.4. The first-order chi connectivity index (χ1) is 1.73. The Hall–Kier alpha value is 0.992. The van der Waals surface area contributed by atoms with Gasteiger partial charge in [0.2, 0.25) is 0 Å². The van der Waals surface area contributed by atoms with E-state index in [9.17, 15) is 0 Å². The van der Waals surface area contributed by atoms with E-state index in [0.29, 0.717) is 0 Å². The van der Waals surface area contributed by atoms with Gasteiger partial charge in [-0.15, -0.1) is 0 Å². The molecule has 0 rings (SSSR count). The Labute approximate surface area is 52.0 Å². The Morgan fingerprint density at radius 1 is 1.40 bits per heavy atom. The molecule has 0 fully saturated rings. The van der Waals surface area contributed by atoms with Crippen LogP contribution in [0.25, 0.3) is 0 Å². The van der Waals surface area contributed by atoms with Gasteiger partial charge in [-0.05, 0) is 0 Å². The van der Waals surface area contributed by atoms with E-state index in [1.54, 1.807) is 0 Å². The molecule has 0 saturated heterocycles. The van der Waals surface area contributed by atoms with Gasteiger partial charge in [-0.3, -0.25) is 9.11 Å². The second-order valence-corrected chi connectivity index (χ2v) is 0.692. The first kappa shape index (κ1) is 9.37. The molecule has 0 amide bonds. The minimum absolute atomic E-state index is 0. The van der Waals surface area contributed by atoms with Crippen molar-refractivity contribution in [2.45, 2.75) is 0 Å². The third-order valence-corrected chi connectivity index (χ3v) is 0. The number of hydrogen-bond donors (Lipinski definition) is 2. The van der Waals surface area contributed by atoms with Crippen LogP contribution in [0.1, 0.15) is 0 Å². The van der Waals surface area contributed by atoms with Crippen molar-refractivity contribution >= 4 is 38.7 Å². The fourth-order valence-corrected chi connectivity index (χ4v) is 0. The maximum absolute atomic E-state index is 8.67. The summed E-state index contributed by atoms with van der Waals surface area (Å²) in [6, 6.07) is 0. The number of rotatable bonds is 0. The summed E-state index contributed by atoms with van der Waals surface area (Å²) >= 11 is -2.61. The smallest absolute Gasteiger partial charge is 0.284 e. The Balaban J connectivity index is 0. The maximum atomic E-state index is 8.67. The van der Waals surface area contributed by atoms with Gasteiger partial charge in [-0.2, -0.15) is 4.21 Å². The molecular weight excluding hydrogens is 284 g/mol. The molecule has 0 bridgehead atoms. The molecule has 0 unspecified atom stereocenters. The largest absolute Gasteiger partial charge is 0.299 e. The summed E-state index contributed by atoms with van der Waals surface area (Å²) in [5.41, 5.74) is 0. The molecule has 5 heavy (non-hydrogen) atoms. The number of hydrogen-bond acceptors (Lipinski definition) is 1. The standard InChI is InChI=1S/H2O3S.Tl/c1-4(2)3;/h(H2,1,2,3);. The fraction of sp³-hybridized carbons (Fsp3) is 0. The van der Waals surface area contributed by atoms with Gasteiger partial charge < -0.3 is 0 Å². The van der Waals surface area contributed by atoms with Gasteiger partial charge in [-0.25, -0.2) is 0 Å². The molecule has 0 spiro atoms. The average molecular weight is 286 g/mol. The van der Waals surface area contributed by atoms with Gasteiger partial charge in [0.15, 0.2) is 0 Å². The van der Waals surface area contributed by atoms with Crippen molar-refractivity contribution in [2.24, 2.45) is 0 Å². The molecule has 5 heteroatoms. The molecule has 3 nitrogen and oxygen atoms in total. The van der Waals surface area contributed by atoms with Crippen LogP contribution < -0.4 is 0 Å². The summed E-state index contributed by atoms with van der Waals surface area (Å²) in [6.07, 6.45) is 0. The van der Waals surface area contributed by atoms with E-state index in [1.807, 2.05) is 0 Å². The molecule has 0 aliphatic heterocycles. The Bertz CT molecular complexity index is 29.9. The van der Waals surface area contributed by atoms with Crippen molar-refractivity contribution in [3.05, 3.63) is 0 Å². The summed E-state index contributed by atoms with van der Waals surface area (Å²) in [4.78, 5) is 0. The maximum Gasteiger partial charge on any atom is 0.299 e. The molecule has 0 aliphatic carbocycles. The zero-order valence-electron chi connectivity index (χ0n) is 2.29. The van der Waals surface area contributed by atoms with Crippen LogP contribution in [-0.4, -0.2) is 40.6 Å². The molecule has 0 saturated carbocycles. The van der Waals surface area contributed by atoms with Crippen LogP contribution in [0.3, 0.4) is 0 Å². The summed E-state index contributed by atoms with van der Waals surface area (Å²) in [7, 11) is 0. The molecule has 0 aromatic carbocycles. The van der Waals surface area contributed by atoms with Crippen molar-refractivity contribution < 1.29 is 13.3 Å². The fourth-order valence-electron chi connectivity index (χ4n) is 0. The zero-order valence-corrected chi connectivity index (χ0v) is 7.59. The third-order valence-electron chi connectivity index (χ3n) is 0. The van der Waals surface area contributed by atoms with Crippen LogP contribution in [0.4, 0.5) is 0 Å². The van der Waals surface area contributed by atoms with E-state index < -0.39 is 11.4 Å². The molecule has 0 aromatic heterocycles. The first-order valence-corrected chi connectivity index (χ1v) is 1.60. The monoisotopic (exact) mass is 287 g/mol. The summed E-state index contributed by atoms with van der Waals surface area (Å²) in [6.45, 7) is 0. The normalized spacial score (nSPS) is 7.00. The topological polar surface area (TPSA) is 57.5 Å². The van der Waals surface area contributed by atoms with Crippen LogP contribution in [0.2, 0.25) is 0 Å². The van der Waals surface area contributed by atoms with Crippen molar-refractivity contribution in [3.8, 4) is 0 Å². The molecule has 1 radical (unpaired) electrons. The zero-order chi connectivity index (χ0) is 3.58.